The van der Waals surface area contributed by atoms with Gasteiger partial charge in [0.05, 0.1) is 33.5 Å². The Hall–Kier alpha value is -3.43. The number of fused-ring (bicyclic) bond motifs is 1. The predicted octanol–water partition coefficient (Wildman–Crippen LogP) is 2.59. The number of hydrogen-bond acceptors (Lipinski definition) is 6. The first kappa shape index (κ1) is 21.8. The third kappa shape index (κ3) is 4.17. The fourth-order valence-corrected chi connectivity index (χ4v) is 4.20. The second-order valence-electron chi connectivity index (χ2n) is 7.49. The lowest BCUT2D eigenvalue weighted by molar-refractivity contribution is 0.0767. The molecule has 3 aromatic heterocycles. The summed E-state index contributed by atoms with van der Waals surface area (Å²) in [5.74, 6) is 0.186. The number of aliphatic hydroxyl groups is 1. The van der Waals surface area contributed by atoms with Crippen LogP contribution in [0.3, 0.4) is 0 Å². The Balaban J connectivity index is 1.79. The highest BCUT2D eigenvalue weighted by Crippen LogP contribution is 2.28. The Morgan fingerprint density at radius 3 is 2.56 bits per heavy atom. The number of aromatic nitrogens is 4. The van der Waals surface area contributed by atoms with Crippen LogP contribution in [0.5, 0.6) is 0 Å². The number of amides is 1. The molecule has 0 fully saturated rings. The maximum Gasteiger partial charge on any atom is 0.253 e. The minimum Gasteiger partial charge on any atom is -0.395 e. The van der Waals surface area contributed by atoms with E-state index >= 15 is 0 Å². The van der Waals surface area contributed by atoms with Gasteiger partial charge in [0.2, 0.25) is 5.95 Å². The highest BCUT2D eigenvalue weighted by molar-refractivity contribution is 7.84. The molecular weight excluding hydrogens is 426 g/mol. The Bertz CT molecular complexity index is 1320. The van der Waals surface area contributed by atoms with Crippen LogP contribution >= 0.6 is 0 Å². The molecule has 1 atom stereocenters. The van der Waals surface area contributed by atoms with E-state index in [0.717, 1.165) is 22.2 Å². The third-order valence-corrected chi connectivity index (χ3v) is 6.12. The van der Waals surface area contributed by atoms with E-state index in [1.54, 1.807) is 60.9 Å². The Morgan fingerprint density at radius 1 is 1.16 bits per heavy atom. The van der Waals surface area contributed by atoms with Crippen LogP contribution in [-0.4, -0.2) is 66.1 Å². The zero-order valence-electron chi connectivity index (χ0n) is 18.0. The Morgan fingerprint density at radius 2 is 1.91 bits per heavy atom. The first-order chi connectivity index (χ1) is 15.4. The summed E-state index contributed by atoms with van der Waals surface area (Å²) >= 11 is 0. The van der Waals surface area contributed by atoms with Gasteiger partial charge in [-0.2, -0.15) is 0 Å². The lowest BCUT2D eigenvalue weighted by atomic mass is 10.1. The molecule has 0 saturated carbocycles. The van der Waals surface area contributed by atoms with Crippen molar-refractivity contribution in [2.24, 2.45) is 0 Å². The van der Waals surface area contributed by atoms with Crippen molar-refractivity contribution in [1.29, 1.82) is 0 Å². The van der Waals surface area contributed by atoms with Gasteiger partial charge < -0.3 is 10.0 Å². The predicted molar refractivity (Wildman–Crippen MR) is 123 cm³/mol. The summed E-state index contributed by atoms with van der Waals surface area (Å²) in [5.41, 5.74) is 3.80. The first-order valence-electron chi connectivity index (χ1n) is 9.99. The molecule has 0 bridgehead atoms. The van der Waals surface area contributed by atoms with E-state index in [-0.39, 0.29) is 19.1 Å². The molecule has 1 unspecified atom stereocenters. The van der Waals surface area contributed by atoms with E-state index in [4.69, 9.17) is 5.11 Å². The quantitative estimate of drug-likeness (QED) is 0.486. The van der Waals surface area contributed by atoms with Crippen LogP contribution in [0.15, 0.2) is 60.0 Å². The molecule has 0 saturated heterocycles. The third-order valence-electron chi connectivity index (χ3n) is 5.17. The first-order valence-corrected chi connectivity index (χ1v) is 11.5. The molecule has 0 aliphatic heterocycles. The van der Waals surface area contributed by atoms with Crippen molar-refractivity contribution >= 4 is 27.6 Å². The van der Waals surface area contributed by atoms with Gasteiger partial charge in [0.25, 0.3) is 5.91 Å². The number of rotatable bonds is 6. The van der Waals surface area contributed by atoms with Crippen LogP contribution < -0.4 is 0 Å². The maximum absolute atomic E-state index is 12.7. The highest BCUT2D eigenvalue weighted by Gasteiger charge is 2.18. The Kier molecular flexibility index (Phi) is 6.11. The number of carbonyl (C=O) groups excluding carboxylic acids is 1. The zero-order chi connectivity index (χ0) is 22.8. The monoisotopic (exact) mass is 449 g/mol. The van der Waals surface area contributed by atoms with Crippen molar-refractivity contribution in [3.63, 3.8) is 0 Å². The lowest BCUT2D eigenvalue weighted by Gasteiger charge is -2.15. The molecule has 1 amide bonds. The SMILES string of the molecule is Cc1ccnc(-c2cnc(-n3cc(S(C)=O)c4ccc(C(=O)N(C)CCO)cc43)nc2)c1. The maximum atomic E-state index is 12.7. The fourth-order valence-electron chi connectivity index (χ4n) is 3.47. The largest absolute Gasteiger partial charge is 0.395 e. The number of aliphatic hydroxyl groups excluding tert-OH is 1. The molecule has 4 rings (SSSR count). The van der Waals surface area contributed by atoms with E-state index < -0.39 is 10.8 Å². The summed E-state index contributed by atoms with van der Waals surface area (Å²) in [7, 11) is 0.397. The molecule has 0 aliphatic carbocycles. The van der Waals surface area contributed by atoms with Crippen LogP contribution in [0.1, 0.15) is 15.9 Å². The van der Waals surface area contributed by atoms with Crippen LogP contribution in [0.25, 0.3) is 28.1 Å². The van der Waals surface area contributed by atoms with Gasteiger partial charge in [0.15, 0.2) is 0 Å². The van der Waals surface area contributed by atoms with E-state index in [1.807, 2.05) is 19.1 Å². The summed E-state index contributed by atoms with van der Waals surface area (Å²) in [6.45, 7) is 2.12. The molecule has 1 aromatic carbocycles. The molecular formula is C23H23N5O3S. The standard InChI is InChI=1S/C23H23N5O3S/c1-15-6-7-24-19(10-15)17-12-25-23(26-13-17)28-14-21(32(3)31)18-5-4-16(11-20(18)28)22(30)27(2)8-9-29/h4-7,10-14,29H,8-9H2,1-3H3. The summed E-state index contributed by atoms with van der Waals surface area (Å²) in [6.07, 6.45) is 8.49. The second-order valence-corrected chi connectivity index (χ2v) is 8.84. The summed E-state index contributed by atoms with van der Waals surface area (Å²) < 4.78 is 14.1. The zero-order valence-corrected chi connectivity index (χ0v) is 18.8. The van der Waals surface area contributed by atoms with Gasteiger partial charge in [-0.25, -0.2) is 9.97 Å². The number of benzene rings is 1. The normalized spacial score (nSPS) is 12.1. The van der Waals surface area contributed by atoms with Crippen LogP contribution in [0.2, 0.25) is 0 Å². The number of nitrogens with zero attached hydrogens (tertiary/aromatic N) is 5. The van der Waals surface area contributed by atoms with Gasteiger partial charge in [0.1, 0.15) is 0 Å². The molecule has 0 aliphatic rings. The van der Waals surface area contributed by atoms with Crippen LogP contribution in [0, 0.1) is 6.92 Å². The van der Waals surface area contributed by atoms with Crippen LogP contribution in [0.4, 0.5) is 0 Å². The second kappa shape index (κ2) is 8.97. The van der Waals surface area contributed by atoms with E-state index in [0.29, 0.717) is 21.9 Å². The number of likely N-dealkylation sites (N-methyl/N-ethyl adjacent to an activating group) is 1. The molecule has 4 aromatic rings. The molecule has 3 heterocycles. The molecule has 0 spiro atoms. The average molecular weight is 450 g/mol. The van der Waals surface area contributed by atoms with E-state index in [9.17, 15) is 9.00 Å². The minimum atomic E-state index is -1.24. The highest BCUT2D eigenvalue weighted by atomic mass is 32.2. The lowest BCUT2D eigenvalue weighted by Crippen LogP contribution is -2.29. The minimum absolute atomic E-state index is 0.115. The number of pyridine rings is 1. The van der Waals surface area contributed by atoms with Gasteiger partial charge in [-0.15, -0.1) is 0 Å². The van der Waals surface area contributed by atoms with Crippen LogP contribution in [-0.2, 0) is 10.8 Å². The van der Waals surface area contributed by atoms with E-state index in [2.05, 4.69) is 15.0 Å². The fraction of sp³-hybridized carbons (Fsp3) is 0.217. The molecule has 164 valence electrons. The van der Waals surface area contributed by atoms with Crippen molar-refractivity contribution in [2.45, 2.75) is 11.8 Å². The molecule has 1 N–H and O–H groups in total. The molecule has 32 heavy (non-hydrogen) atoms. The van der Waals surface area contributed by atoms with Crippen molar-refractivity contribution in [3.8, 4) is 17.2 Å². The van der Waals surface area contributed by atoms with Crippen molar-refractivity contribution in [3.05, 3.63) is 66.2 Å². The molecule has 0 radical (unpaired) electrons. The molecule has 8 nitrogen and oxygen atoms in total. The molecule has 9 heteroatoms. The van der Waals surface area contributed by atoms with Gasteiger partial charge in [0, 0.05) is 61.1 Å². The van der Waals surface area contributed by atoms with Gasteiger partial charge in [-0.05, 0) is 36.8 Å². The van der Waals surface area contributed by atoms with Crippen molar-refractivity contribution < 1.29 is 14.1 Å². The van der Waals surface area contributed by atoms with Gasteiger partial charge in [-0.1, -0.05) is 6.07 Å². The smallest absolute Gasteiger partial charge is 0.253 e. The average Bonchev–Trinajstić information content (AvgIpc) is 3.18. The number of aryl methyl sites for hydroxylation is 1. The summed E-state index contributed by atoms with van der Waals surface area (Å²) in [6, 6.07) is 9.11. The van der Waals surface area contributed by atoms with Crippen molar-refractivity contribution in [1.82, 2.24) is 24.4 Å². The topological polar surface area (TPSA) is 101 Å². The van der Waals surface area contributed by atoms with Crippen molar-refractivity contribution in [2.75, 3.05) is 26.5 Å². The van der Waals surface area contributed by atoms with E-state index in [1.165, 1.54) is 4.90 Å². The summed E-state index contributed by atoms with van der Waals surface area (Å²) in [5, 5.41) is 9.89. The number of carbonyl (C=O) groups is 1. The van der Waals surface area contributed by atoms with Gasteiger partial charge in [-0.3, -0.25) is 18.6 Å². The Labute approximate surface area is 188 Å². The number of hydrogen-bond donors (Lipinski definition) is 1. The summed E-state index contributed by atoms with van der Waals surface area (Å²) in [4.78, 5) is 28.2. The van der Waals surface area contributed by atoms with Gasteiger partial charge >= 0.3 is 0 Å².